The van der Waals surface area contributed by atoms with E-state index in [0.29, 0.717) is 16.3 Å². The minimum Gasteiger partial charge on any atom is -0.352 e. The highest BCUT2D eigenvalue weighted by Gasteiger charge is 2.31. The summed E-state index contributed by atoms with van der Waals surface area (Å²) in [5.74, 6) is -0.753. The summed E-state index contributed by atoms with van der Waals surface area (Å²) in [7, 11) is -3.77. The predicted octanol–water partition coefficient (Wildman–Crippen LogP) is 4.73. The van der Waals surface area contributed by atoms with Crippen LogP contribution in [0.25, 0.3) is 0 Å². The van der Waals surface area contributed by atoms with E-state index < -0.39 is 28.5 Å². The van der Waals surface area contributed by atoms with E-state index in [1.807, 2.05) is 0 Å². The molecule has 1 fully saturated rings. The Morgan fingerprint density at radius 3 is 2.31 bits per heavy atom. The Morgan fingerprint density at radius 1 is 1.09 bits per heavy atom. The monoisotopic (exact) mass is 583 g/mol. The first-order valence-electron chi connectivity index (χ1n) is 11.6. The van der Waals surface area contributed by atoms with Crippen molar-refractivity contribution in [2.24, 2.45) is 0 Å². The fourth-order valence-electron chi connectivity index (χ4n) is 4.18. The number of amides is 2. The Morgan fingerprint density at radius 2 is 1.71 bits per heavy atom. The molecule has 3 rings (SSSR count). The minimum absolute atomic E-state index is 0.0791. The number of anilines is 1. The topological polar surface area (TPSA) is 86.8 Å². The second kappa shape index (κ2) is 12.2. The first kappa shape index (κ1) is 27.5. The summed E-state index contributed by atoms with van der Waals surface area (Å²) in [4.78, 5) is 28.1. The number of halogens is 2. The summed E-state index contributed by atoms with van der Waals surface area (Å²) in [5.41, 5.74) is 1.04. The van der Waals surface area contributed by atoms with Crippen LogP contribution in [0.5, 0.6) is 0 Å². The molecule has 190 valence electrons. The van der Waals surface area contributed by atoms with E-state index in [1.54, 1.807) is 55.5 Å². The van der Waals surface area contributed by atoms with Gasteiger partial charge >= 0.3 is 0 Å². The van der Waals surface area contributed by atoms with Crippen LogP contribution in [0.3, 0.4) is 0 Å². The highest BCUT2D eigenvalue weighted by atomic mass is 79.9. The summed E-state index contributed by atoms with van der Waals surface area (Å²) in [6.07, 6.45) is 6.19. The van der Waals surface area contributed by atoms with Gasteiger partial charge in [-0.2, -0.15) is 0 Å². The smallest absolute Gasteiger partial charge is 0.244 e. The van der Waals surface area contributed by atoms with Gasteiger partial charge in [0.1, 0.15) is 12.6 Å². The lowest BCUT2D eigenvalue weighted by Gasteiger charge is -2.33. The Bertz CT molecular complexity index is 1140. The number of hydrogen-bond donors (Lipinski definition) is 1. The van der Waals surface area contributed by atoms with Crippen molar-refractivity contribution in [2.45, 2.75) is 57.7 Å². The Labute approximate surface area is 221 Å². The third-order valence-electron chi connectivity index (χ3n) is 6.21. The van der Waals surface area contributed by atoms with E-state index in [9.17, 15) is 18.0 Å². The molecule has 1 saturated carbocycles. The highest BCUT2D eigenvalue weighted by Crippen LogP contribution is 2.23. The van der Waals surface area contributed by atoms with E-state index in [-0.39, 0.29) is 18.5 Å². The minimum atomic E-state index is -3.77. The average Bonchev–Trinajstić information content (AvgIpc) is 2.82. The maximum Gasteiger partial charge on any atom is 0.244 e. The number of carbonyl (C=O) groups is 2. The summed E-state index contributed by atoms with van der Waals surface area (Å²) in [6, 6.07) is 13.0. The molecule has 1 aliphatic rings. The number of benzene rings is 2. The number of carbonyl (C=O) groups excluding carboxylic acids is 2. The fourth-order valence-corrected chi connectivity index (χ4v) is 5.49. The molecule has 1 aliphatic carbocycles. The van der Waals surface area contributed by atoms with Crippen molar-refractivity contribution in [1.29, 1.82) is 0 Å². The Kier molecular flexibility index (Phi) is 9.61. The van der Waals surface area contributed by atoms with Crippen LogP contribution < -0.4 is 9.62 Å². The third kappa shape index (κ3) is 7.69. The number of rotatable bonds is 9. The molecule has 7 nitrogen and oxygen atoms in total. The number of hydrogen-bond acceptors (Lipinski definition) is 4. The quantitative estimate of drug-likeness (QED) is 0.462. The van der Waals surface area contributed by atoms with Crippen LogP contribution in [0.1, 0.15) is 44.6 Å². The van der Waals surface area contributed by atoms with Crippen molar-refractivity contribution in [1.82, 2.24) is 10.2 Å². The zero-order valence-electron chi connectivity index (χ0n) is 19.9. The number of sulfonamides is 1. The lowest BCUT2D eigenvalue weighted by atomic mass is 9.95. The van der Waals surface area contributed by atoms with Gasteiger partial charge in [-0.25, -0.2) is 8.42 Å². The first-order chi connectivity index (χ1) is 16.6. The molecule has 10 heteroatoms. The van der Waals surface area contributed by atoms with Crippen LogP contribution in [-0.4, -0.2) is 50.0 Å². The molecule has 2 amide bonds. The van der Waals surface area contributed by atoms with Crippen LogP contribution in [-0.2, 0) is 26.2 Å². The molecular formula is C25H31BrClN3O4S. The Balaban J connectivity index is 1.87. The van der Waals surface area contributed by atoms with Gasteiger partial charge in [-0.05, 0) is 55.7 Å². The highest BCUT2D eigenvalue weighted by molar-refractivity contribution is 9.10. The summed E-state index contributed by atoms with van der Waals surface area (Å²) in [5, 5.41) is 3.54. The molecule has 2 aromatic rings. The molecule has 0 aliphatic heterocycles. The molecule has 0 spiro atoms. The van der Waals surface area contributed by atoms with Crippen LogP contribution in [0.15, 0.2) is 53.0 Å². The molecule has 1 atom stereocenters. The molecule has 2 aromatic carbocycles. The number of nitrogens with zero attached hydrogens (tertiary/aromatic N) is 2. The van der Waals surface area contributed by atoms with Gasteiger partial charge in [0.15, 0.2) is 0 Å². The van der Waals surface area contributed by atoms with E-state index >= 15 is 0 Å². The zero-order valence-corrected chi connectivity index (χ0v) is 23.1. The van der Waals surface area contributed by atoms with Crippen molar-refractivity contribution in [2.75, 3.05) is 17.1 Å². The van der Waals surface area contributed by atoms with Gasteiger partial charge in [0.25, 0.3) is 0 Å². The SMILES string of the molecule is CC(C(=O)NC1CCCCC1)N(Cc1ccccc1Cl)C(=O)CN(c1ccc(Br)cc1)S(C)(=O)=O. The molecular weight excluding hydrogens is 554 g/mol. The lowest BCUT2D eigenvalue weighted by Crippen LogP contribution is -2.53. The molecule has 1 unspecified atom stereocenters. The molecule has 0 saturated heterocycles. The molecule has 35 heavy (non-hydrogen) atoms. The van der Waals surface area contributed by atoms with Gasteiger partial charge in [0.05, 0.1) is 11.9 Å². The molecule has 0 aromatic heterocycles. The normalized spacial score (nSPS) is 15.3. The average molecular weight is 585 g/mol. The van der Waals surface area contributed by atoms with Crippen molar-refractivity contribution in [3.8, 4) is 0 Å². The first-order valence-corrected chi connectivity index (χ1v) is 14.6. The Hall–Kier alpha value is -2.10. The van der Waals surface area contributed by atoms with Crippen LogP contribution in [0.4, 0.5) is 5.69 Å². The molecule has 0 radical (unpaired) electrons. The molecule has 0 heterocycles. The molecule has 1 N–H and O–H groups in total. The largest absolute Gasteiger partial charge is 0.352 e. The van der Waals surface area contributed by atoms with E-state index in [1.165, 1.54) is 4.90 Å². The van der Waals surface area contributed by atoms with Gasteiger partial charge < -0.3 is 10.2 Å². The van der Waals surface area contributed by atoms with Crippen LogP contribution in [0.2, 0.25) is 5.02 Å². The standard InChI is InChI=1S/C25H31BrClN3O4S/c1-18(25(32)28-21-9-4-3-5-10-21)29(16-19-8-6-7-11-23(19)27)24(31)17-30(35(2,33)34)22-14-12-20(26)13-15-22/h6-8,11-15,18,21H,3-5,9-10,16-17H2,1-2H3,(H,28,32). The zero-order chi connectivity index (χ0) is 25.6. The van der Waals surface area contributed by atoms with Crippen molar-refractivity contribution in [3.63, 3.8) is 0 Å². The van der Waals surface area contributed by atoms with Crippen LogP contribution >= 0.6 is 27.5 Å². The predicted molar refractivity (Wildman–Crippen MR) is 143 cm³/mol. The number of nitrogens with one attached hydrogen (secondary N) is 1. The maximum atomic E-state index is 13.6. The van der Waals surface area contributed by atoms with Gasteiger partial charge in [-0.3, -0.25) is 13.9 Å². The maximum absolute atomic E-state index is 13.6. The van der Waals surface area contributed by atoms with Crippen LogP contribution in [0, 0.1) is 0 Å². The summed E-state index contributed by atoms with van der Waals surface area (Å²) < 4.78 is 27.0. The van der Waals surface area contributed by atoms with Gasteiger partial charge in [-0.1, -0.05) is 65.0 Å². The second-order valence-electron chi connectivity index (χ2n) is 8.88. The van der Waals surface area contributed by atoms with E-state index in [0.717, 1.165) is 47.1 Å². The van der Waals surface area contributed by atoms with Gasteiger partial charge in [0.2, 0.25) is 21.8 Å². The second-order valence-corrected chi connectivity index (χ2v) is 12.1. The fraction of sp³-hybridized carbons (Fsp3) is 0.440. The van der Waals surface area contributed by atoms with Crippen molar-refractivity contribution < 1.29 is 18.0 Å². The summed E-state index contributed by atoms with van der Waals surface area (Å²) in [6.45, 7) is 1.30. The lowest BCUT2D eigenvalue weighted by molar-refractivity contribution is -0.139. The van der Waals surface area contributed by atoms with Gasteiger partial charge in [-0.15, -0.1) is 0 Å². The summed E-state index contributed by atoms with van der Waals surface area (Å²) >= 11 is 9.69. The van der Waals surface area contributed by atoms with Crippen molar-refractivity contribution >= 4 is 55.1 Å². The van der Waals surface area contributed by atoms with E-state index in [2.05, 4.69) is 21.2 Å². The van der Waals surface area contributed by atoms with Crippen molar-refractivity contribution in [3.05, 3.63) is 63.6 Å². The third-order valence-corrected chi connectivity index (χ3v) is 8.25. The van der Waals surface area contributed by atoms with Gasteiger partial charge in [0, 0.05) is 22.1 Å². The van der Waals surface area contributed by atoms with E-state index in [4.69, 9.17) is 11.6 Å². The molecule has 0 bridgehead atoms.